The number of hydrogen-bond acceptors (Lipinski definition) is 5. The summed E-state index contributed by atoms with van der Waals surface area (Å²) in [7, 11) is 0. The van der Waals surface area contributed by atoms with Crippen LogP contribution in [0.5, 0.6) is 0 Å². The van der Waals surface area contributed by atoms with E-state index in [-0.39, 0.29) is 6.61 Å². The summed E-state index contributed by atoms with van der Waals surface area (Å²) in [6.45, 7) is 2.07. The Morgan fingerprint density at radius 3 is 3.08 bits per heavy atom. The van der Waals surface area contributed by atoms with Crippen molar-refractivity contribution in [3.63, 3.8) is 0 Å². The predicted octanol–water partition coefficient (Wildman–Crippen LogP) is -1.12. The van der Waals surface area contributed by atoms with E-state index >= 15 is 0 Å². The molecule has 0 atom stereocenters. The van der Waals surface area contributed by atoms with Gasteiger partial charge in [-0.2, -0.15) is 10.1 Å². The molecule has 1 aromatic rings. The second-order valence-corrected chi connectivity index (χ2v) is 2.22. The molecular formula is C6H10N4O2. The van der Waals surface area contributed by atoms with Crippen molar-refractivity contribution < 1.29 is 5.11 Å². The van der Waals surface area contributed by atoms with Crippen LogP contribution < -0.4 is 11.0 Å². The molecule has 0 radical (unpaired) electrons. The maximum atomic E-state index is 10.7. The van der Waals surface area contributed by atoms with Gasteiger partial charge in [-0.15, -0.1) is 0 Å². The van der Waals surface area contributed by atoms with Crippen LogP contribution in [0, 0.1) is 6.92 Å². The molecule has 0 aliphatic heterocycles. The SMILES string of the molecule is Cc1n[nH]c(=O)nc1NCCO. The molecule has 0 saturated heterocycles. The number of aliphatic hydroxyl groups excluding tert-OH is 1. The zero-order chi connectivity index (χ0) is 8.97. The van der Waals surface area contributed by atoms with E-state index in [0.717, 1.165) is 0 Å². The van der Waals surface area contributed by atoms with E-state index in [2.05, 4.69) is 20.5 Å². The Morgan fingerprint density at radius 2 is 2.42 bits per heavy atom. The van der Waals surface area contributed by atoms with Gasteiger partial charge in [0.25, 0.3) is 0 Å². The first kappa shape index (κ1) is 8.66. The summed E-state index contributed by atoms with van der Waals surface area (Å²) < 4.78 is 0. The molecule has 0 amide bonds. The summed E-state index contributed by atoms with van der Waals surface area (Å²) >= 11 is 0. The maximum absolute atomic E-state index is 10.7. The molecule has 0 unspecified atom stereocenters. The zero-order valence-corrected chi connectivity index (χ0v) is 6.66. The largest absolute Gasteiger partial charge is 0.395 e. The van der Waals surface area contributed by atoms with Crippen LogP contribution in [0.25, 0.3) is 0 Å². The fraction of sp³-hybridized carbons (Fsp3) is 0.500. The summed E-state index contributed by atoms with van der Waals surface area (Å²) in [4.78, 5) is 14.3. The van der Waals surface area contributed by atoms with Gasteiger partial charge in [0.15, 0.2) is 5.82 Å². The van der Waals surface area contributed by atoms with E-state index < -0.39 is 5.69 Å². The van der Waals surface area contributed by atoms with Gasteiger partial charge < -0.3 is 10.4 Å². The average Bonchev–Trinajstić information content (AvgIpc) is 2.07. The minimum absolute atomic E-state index is 0.00603. The number of aromatic nitrogens is 3. The van der Waals surface area contributed by atoms with Crippen LogP contribution in [0.15, 0.2) is 4.79 Å². The van der Waals surface area contributed by atoms with Crippen LogP contribution >= 0.6 is 0 Å². The van der Waals surface area contributed by atoms with Crippen LogP contribution in [0.4, 0.5) is 5.82 Å². The first-order valence-corrected chi connectivity index (χ1v) is 3.52. The van der Waals surface area contributed by atoms with Gasteiger partial charge in [0.05, 0.1) is 6.61 Å². The van der Waals surface area contributed by atoms with Gasteiger partial charge in [0.2, 0.25) is 0 Å². The summed E-state index contributed by atoms with van der Waals surface area (Å²) in [5, 5.41) is 17.1. The van der Waals surface area contributed by atoms with E-state index in [1.165, 1.54) is 0 Å². The van der Waals surface area contributed by atoms with Crippen molar-refractivity contribution in [2.45, 2.75) is 6.92 Å². The van der Waals surface area contributed by atoms with Gasteiger partial charge in [-0.25, -0.2) is 9.89 Å². The molecule has 66 valence electrons. The van der Waals surface area contributed by atoms with Gasteiger partial charge in [0.1, 0.15) is 5.69 Å². The van der Waals surface area contributed by atoms with Crippen molar-refractivity contribution in [3.05, 3.63) is 16.2 Å². The molecule has 0 saturated carbocycles. The Morgan fingerprint density at radius 1 is 1.67 bits per heavy atom. The second kappa shape index (κ2) is 3.82. The van der Waals surface area contributed by atoms with Crippen LogP contribution in [-0.2, 0) is 0 Å². The highest BCUT2D eigenvalue weighted by atomic mass is 16.3. The lowest BCUT2D eigenvalue weighted by molar-refractivity contribution is 0.311. The van der Waals surface area contributed by atoms with E-state index in [1.807, 2.05) is 0 Å². The molecule has 1 heterocycles. The fourth-order valence-electron chi connectivity index (χ4n) is 0.734. The highest BCUT2D eigenvalue weighted by molar-refractivity contribution is 5.37. The monoisotopic (exact) mass is 170 g/mol. The number of H-pyrrole nitrogens is 1. The number of aromatic amines is 1. The van der Waals surface area contributed by atoms with Crippen LogP contribution in [0.2, 0.25) is 0 Å². The van der Waals surface area contributed by atoms with Crippen molar-refractivity contribution in [2.24, 2.45) is 0 Å². The molecular weight excluding hydrogens is 160 g/mol. The highest BCUT2D eigenvalue weighted by Crippen LogP contribution is 2.01. The predicted molar refractivity (Wildman–Crippen MR) is 43.0 cm³/mol. The lowest BCUT2D eigenvalue weighted by Gasteiger charge is -2.03. The third-order valence-corrected chi connectivity index (χ3v) is 1.28. The van der Waals surface area contributed by atoms with Crippen LogP contribution in [0.1, 0.15) is 5.69 Å². The third-order valence-electron chi connectivity index (χ3n) is 1.28. The topological polar surface area (TPSA) is 90.9 Å². The van der Waals surface area contributed by atoms with Crippen molar-refractivity contribution in [1.82, 2.24) is 15.2 Å². The Bertz CT molecular complexity index is 309. The second-order valence-electron chi connectivity index (χ2n) is 2.22. The minimum atomic E-state index is -0.499. The van der Waals surface area contributed by atoms with E-state index in [0.29, 0.717) is 18.1 Å². The summed E-state index contributed by atoms with van der Waals surface area (Å²) in [6.07, 6.45) is 0. The maximum Gasteiger partial charge on any atom is 0.363 e. The number of aryl methyl sites for hydroxylation is 1. The lowest BCUT2D eigenvalue weighted by Crippen LogP contribution is -2.18. The Hall–Kier alpha value is -1.43. The Labute approximate surface area is 68.7 Å². The summed E-state index contributed by atoms with van der Waals surface area (Å²) in [5.41, 5.74) is 0.101. The Balaban J connectivity index is 2.82. The van der Waals surface area contributed by atoms with E-state index in [9.17, 15) is 4.79 Å². The molecule has 0 bridgehead atoms. The standard InChI is InChI=1S/C6H10N4O2/c1-4-5(7-2-3-11)8-6(12)10-9-4/h11H,2-3H2,1H3,(H2,7,8,10,12). The van der Waals surface area contributed by atoms with Gasteiger partial charge in [-0.1, -0.05) is 0 Å². The number of anilines is 1. The van der Waals surface area contributed by atoms with E-state index in [1.54, 1.807) is 6.92 Å². The molecule has 12 heavy (non-hydrogen) atoms. The first-order valence-electron chi connectivity index (χ1n) is 3.52. The van der Waals surface area contributed by atoms with Crippen molar-refractivity contribution in [2.75, 3.05) is 18.5 Å². The highest BCUT2D eigenvalue weighted by Gasteiger charge is 1.99. The van der Waals surface area contributed by atoms with Crippen molar-refractivity contribution in [3.8, 4) is 0 Å². The van der Waals surface area contributed by atoms with Crippen molar-refractivity contribution >= 4 is 5.82 Å². The third kappa shape index (κ3) is 2.03. The molecule has 6 heteroatoms. The van der Waals surface area contributed by atoms with Crippen LogP contribution in [0.3, 0.4) is 0 Å². The number of rotatable bonds is 3. The lowest BCUT2D eigenvalue weighted by atomic mass is 10.4. The summed E-state index contributed by atoms with van der Waals surface area (Å²) in [5.74, 6) is 0.410. The normalized spacial score (nSPS) is 9.83. The van der Waals surface area contributed by atoms with Crippen LogP contribution in [-0.4, -0.2) is 33.4 Å². The summed E-state index contributed by atoms with van der Waals surface area (Å²) in [6, 6.07) is 0. The molecule has 0 spiro atoms. The average molecular weight is 170 g/mol. The molecule has 0 aliphatic rings. The molecule has 6 nitrogen and oxygen atoms in total. The zero-order valence-electron chi connectivity index (χ0n) is 6.66. The van der Waals surface area contributed by atoms with Gasteiger partial charge >= 0.3 is 5.69 Å². The van der Waals surface area contributed by atoms with E-state index in [4.69, 9.17) is 5.11 Å². The quantitative estimate of drug-likeness (QED) is 0.534. The molecule has 1 rings (SSSR count). The molecule has 0 fully saturated rings. The Kier molecular flexibility index (Phi) is 2.76. The molecule has 1 aromatic heterocycles. The fourth-order valence-corrected chi connectivity index (χ4v) is 0.734. The first-order chi connectivity index (χ1) is 5.74. The van der Waals surface area contributed by atoms with Gasteiger partial charge in [0, 0.05) is 6.54 Å². The van der Waals surface area contributed by atoms with Gasteiger partial charge in [-0.3, -0.25) is 0 Å². The minimum Gasteiger partial charge on any atom is -0.395 e. The molecule has 0 aliphatic carbocycles. The molecule has 0 aromatic carbocycles. The number of hydrogen-bond donors (Lipinski definition) is 3. The number of aliphatic hydroxyl groups is 1. The number of nitrogens with zero attached hydrogens (tertiary/aromatic N) is 2. The van der Waals surface area contributed by atoms with Gasteiger partial charge in [-0.05, 0) is 6.92 Å². The van der Waals surface area contributed by atoms with Crippen molar-refractivity contribution in [1.29, 1.82) is 0 Å². The number of nitrogens with one attached hydrogen (secondary N) is 2. The smallest absolute Gasteiger partial charge is 0.363 e. The molecule has 3 N–H and O–H groups in total.